The van der Waals surface area contributed by atoms with Gasteiger partial charge in [-0.05, 0) is 67.6 Å². The third-order valence-corrected chi connectivity index (χ3v) is 6.36. The van der Waals surface area contributed by atoms with Crippen LogP contribution in [0.25, 0.3) is 0 Å². The number of hydrogen-bond donors (Lipinski definition) is 0. The molecule has 0 amide bonds. The van der Waals surface area contributed by atoms with Crippen molar-refractivity contribution in [1.82, 2.24) is 0 Å². The van der Waals surface area contributed by atoms with Gasteiger partial charge in [-0.2, -0.15) is 0 Å². The fourth-order valence-electron chi connectivity index (χ4n) is 4.55. The lowest BCUT2D eigenvalue weighted by molar-refractivity contribution is -0.122. The Morgan fingerprint density at radius 2 is 1.37 bits per heavy atom. The van der Waals surface area contributed by atoms with Gasteiger partial charge >= 0.3 is 0 Å². The highest BCUT2D eigenvalue weighted by Crippen LogP contribution is 2.49. The summed E-state index contributed by atoms with van der Waals surface area (Å²) in [5, 5.41) is 0. The maximum absolute atomic E-state index is 11.4. The predicted octanol–water partition coefficient (Wildman–Crippen LogP) is 5.23. The summed E-state index contributed by atoms with van der Waals surface area (Å²) in [5.41, 5.74) is 0.447. The molecule has 0 atom stereocenters. The molecular weight excluding hydrogens is 232 g/mol. The molecule has 0 aromatic heterocycles. The number of hydrogen-bond acceptors (Lipinski definition) is 1. The number of rotatable bonds is 3. The second-order valence-electron chi connectivity index (χ2n) is 7.99. The summed E-state index contributed by atoms with van der Waals surface area (Å²) in [7, 11) is 0. The molecule has 2 saturated carbocycles. The van der Waals surface area contributed by atoms with Gasteiger partial charge in [0.1, 0.15) is 5.78 Å². The molecule has 0 saturated heterocycles. The first-order valence-electron chi connectivity index (χ1n) is 8.43. The molecule has 0 spiro atoms. The molecule has 0 aliphatic heterocycles. The van der Waals surface area contributed by atoms with Gasteiger partial charge in [0.15, 0.2) is 0 Å². The Balaban J connectivity index is 1.91. The first-order valence-corrected chi connectivity index (χ1v) is 8.43. The van der Waals surface area contributed by atoms with Crippen LogP contribution >= 0.6 is 0 Å². The molecule has 0 aromatic carbocycles. The highest BCUT2D eigenvalue weighted by atomic mass is 16.1. The summed E-state index contributed by atoms with van der Waals surface area (Å²) in [6, 6.07) is 0. The molecule has 2 aliphatic rings. The van der Waals surface area contributed by atoms with Crippen molar-refractivity contribution in [3.8, 4) is 0 Å². The molecule has 2 fully saturated rings. The maximum atomic E-state index is 11.4. The summed E-state index contributed by atoms with van der Waals surface area (Å²) in [4.78, 5) is 11.4. The summed E-state index contributed by atoms with van der Waals surface area (Å²) in [6.45, 7) is 9.72. The van der Waals surface area contributed by atoms with E-state index in [2.05, 4.69) is 27.7 Å². The van der Waals surface area contributed by atoms with Gasteiger partial charge in [0.25, 0.3) is 0 Å². The van der Waals surface area contributed by atoms with Crippen molar-refractivity contribution in [2.75, 3.05) is 0 Å². The molecule has 2 aliphatic carbocycles. The van der Waals surface area contributed by atoms with Crippen LogP contribution in [0.4, 0.5) is 0 Å². The standard InChI is InChI=1S/C18H32O/c1-13(2)14-5-7-15(8-6-14)18(3,4)16-9-11-17(19)12-10-16/h13-16H,5-12H2,1-4H3. The molecule has 0 N–H and O–H groups in total. The van der Waals surface area contributed by atoms with Crippen LogP contribution < -0.4 is 0 Å². The molecule has 2 rings (SSSR count). The van der Waals surface area contributed by atoms with E-state index < -0.39 is 0 Å². The van der Waals surface area contributed by atoms with Gasteiger partial charge in [-0.1, -0.05) is 27.7 Å². The molecule has 110 valence electrons. The molecule has 1 nitrogen and oxygen atoms in total. The van der Waals surface area contributed by atoms with Gasteiger partial charge in [0.05, 0.1) is 0 Å². The molecular formula is C18H32O. The van der Waals surface area contributed by atoms with Crippen molar-refractivity contribution in [1.29, 1.82) is 0 Å². The van der Waals surface area contributed by atoms with Crippen molar-refractivity contribution < 1.29 is 4.79 Å². The summed E-state index contributed by atoms with van der Waals surface area (Å²) < 4.78 is 0. The zero-order chi connectivity index (χ0) is 14.0. The van der Waals surface area contributed by atoms with Crippen LogP contribution in [0, 0.1) is 29.1 Å². The van der Waals surface area contributed by atoms with E-state index in [1.807, 2.05) is 0 Å². The molecule has 0 bridgehead atoms. The average Bonchev–Trinajstić information content (AvgIpc) is 2.39. The SMILES string of the molecule is CC(C)C1CCC(C(C)(C)C2CCC(=O)CC2)CC1. The van der Waals surface area contributed by atoms with Crippen molar-refractivity contribution >= 4 is 5.78 Å². The van der Waals surface area contributed by atoms with E-state index in [0.717, 1.165) is 49.4 Å². The average molecular weight is 264 g/mol. The van der Waals surface area contributed by atoms with Crippen LogP contribution in [0.15, 0.2) is 0 Å². The lowest BCUT2D eigenvalue weighted by Gasteiger charge is -2.46. The van der Waals surface area contributed by atoms with Crippen molar-refractivity contribution in [2.24, 2.45) is 29.1 Å². The summed E-state index contributed by atoms with van der Waals surface area (Å²) in [6.07, 6.45) is 9.67. The van der Waals surface area contributed by atoms with Gasteiger partial charge < -0.3 is 0 Å². The first-order chi connectivity index (χ1) is 8.91. The molecule has 0 unspecified atom stereocenters. The van der Waals surface area contributed by atoms with E-state index in [1.165, 1.54) is 25.7 Å². The zero-order valence-electron chi connectivity index (χ0n) is 13.4. The minimum Gasteiger partial charge on any atom is -0.300 e. The Morgan fingerprint density at radius 3 is 1.84 bits per heavy atom. The Kier molecular flexibility index (Phi) is 4.74. The van der Waals surface area contributed by atoms with Gasteiger partial charge in [-0.15, -0.1) is 0 Å². The van der Waals surface area contributed by atoms with Gasteiger partial charge in [-0.3, -0.25) is 4.79 Å². The van der Waals surface area contributed by atoms with Crippen molar-refractivity contribution in [3.63, 3.8) is 0 Å². The molecule has 1 heteroatoms. The van der Waals surface area contributed by atoms with E-state index >= 15 is 0 Å². The van der Waals surface area contributed by atoms with Gasteiger partial charge in [0.2, 0.25) is 0 Å². The second kappa shape index (κ2) is 5.97. The van der Waals surface area contributed by atoms with Crippen LogP contribution in [0.3, 0.4) is 0 Å². The lowest BCUT2D eigenvalue weighted by Crippen LogP contribution is -2.37. The second-order valence-corrected chi connectivity index (χ2v) is 7.99. The predicted molar refractivity (Wildman–Crippen MR) is 81.0 cm³/mol. The third-order valence-electron chi connectivity index (χ3n) is 6.36. The molecule has 0 radical (unpaired) electrons. The monoisotopic (exact) mass is 264 g/mol. The Morgan fingerprint density at radius 1 is 0.895 bits per heavy atom. The lowest BCUT2D eigenvalue weighted by atomic mass is 9.59. The minimum absolute atomic E-state index is 0.447. The fourth-order valence-corrected chi connectivity index (χ4v) is 4.55. The number of carbonyl (C=O) groups excluding carboxylic acids is 1. The normalized spacial score (nSPS) is 30.9. The fraction of sp³-hybridized carbons (Fsp3) is 0.944. The maximum Gasteiger partial charge on any atom is 0.132 e. The third kappa shape index (κ3) is 3.41. The molecule has 19 heavy (non-hydrogen) atoms. The largest absolute Gasteiger partial charge is 0.300 e. The van der Waals surface area contributed by atoms with E-state index in [-0.39, 0.29) is 0 Å². The Bertz CT molecular complexity index is 298. The number of carbonyl (C=O) groups is 1. The highest BCUT2D eigenvalue weighted by molar-refractivity contribution is 5.79. The van der Waals surface area contributed by atoms with Crippen LogP contribution in [-0.2, 0) is 4.79 Å². The highest BCUT2D eigenvalue weighted by Gasteiger charge is 2.40. The van der Waals surface area contributed by atoms with Gasteiger partial charge in [-0.25, -0.2) is 0 Å². The number of ketones is 1. The summed E-state index contributed by atoms with van der Waals surface area (Å²) >= 11 is 0. The topological polar surface area (TPSA) is 17.1 Å². The first kappa shape index (κ1) is 15.1. The van der Waals surface area contributed by atoms with Crippen LogP contribution in [0.5, 0.6) is 0 Å². The molecule has 0 heterocycles. The van der Waals surface area contributed by atoms with Crippen LogP contribution in [0.2, 0.25) is 0 Å². The quantitative estimate of drug-likeness (QED) is 0.681. The summed E-state index contributed by atoms with van der Waals surface area (Å²) in [5.74, 6) is 3.98. The van der Waals surface area contributed by atoms with Crippen molar-refractivity contribution in [3.05, 3.63) is 0 Å². The zero-order valence-corrected chi connectivity index (χ0v) is 13.4. The van der Waals surface area contributed by atoms with E-state index in [9.17, 15) is 4.79 Å². The van der Waals surface area contributed by atoms with E-state index in [0.29, 0.717) is 11.2 Å². The molecule has 0 aromatic rings. The van der Waals surface area contributed by atoms with Crippen LogP contribution in [-0.4, -0.2) is 5.78 Å². The van der Waals surface area contributed by atoms with Crippen LogP contribution in [0.1, 0.15) is 79.1 Å². The number of Topliss-reactive ketones (excluding diaryl/α,β-unsaturated/α-hetero) is 1. The van der Waals surface area contributed by atoms with E-state index in [4.69, 9.17) is 0 Å². The smallest absolute Gasteiger partial charge is 0.132 e. The Labute approximate surface area is 119 Å². The van der Waals surface area contributed by atoms with E-state index in [1.54, 1.807) is 0 Å². The van der Waals surface area contributed by atoms with Crippen molar-refractivity contribution in [2.45, 2.75) is 79.1 Å². The Hall–Kier alpha value is -0.330. The van der Waals surface area contributed by atoms with Gasteiger partial charge in [0, 0.05) is 12.8 Å². The minimum atomic E-state index is 0.447.